The Kier molecular flexibility index (Phi) is 15.9. The molecule has 1 saturated heterocycles. The van der Waals surface area contributed by atoms with E-state index in [2.05, 4.69) is 15.7 Å². The first kappa shape index (κ1) is 45.9. The molecule has 0 bridgehead atoms. The number of ether oxygens (including phenoxy) is 5. The number of hydrogen-bond donors (Lipinski definition) is 1. The van der Waals surface area contributed by atoms with Crippen LogP contribution < -0.4 is 20.7 Å². The molecule has 0 spiro atoms. The summed E-state index contributed by atoms with van der Waals surface area (Å²) in [5, 5.41) is 9.32. The van der Waals surface area contributed by atoms with Crippen LogP contribution in [0.4, 0.5) is 0 Å². The highest BCUT2D eigenvalue weighted by atomic mass is 31.2. The third kappa shape index (κ3) is 10.7. The van der Waals surface area contributed by atoms with Crippen molar-refractivity contribution >= 4 is 14.5 Å². The third-order valence-electron chi connectivity index (χ3n) is 10.4. The van der Waals surface area contributed by atoms with E-state index in [9.17, 15) is 19.6 Å². The van der Waals surface area contributed by atoms with Crippen molar-refractivity contribution in [3.8, 4) is 17.6 Å². The van der Waals surface area contributed by atoms with E-state index in [0.29, 0.717) is 17.1 Å². The zero-order valence-corrected chi connectivity index (χ0v) is 36.7. The van der Waals surface area contributed by atoms with Gasteiger partial charge in [0, 0.05) is 24.6 Å². The number of aromatic nitrogens is 2. The van der Waals surface area contributed by atoms with Crippen LogP contribution in [0.25, 0.3) is 0 Å². The molecule has 0 saturated carbocycles. The quantitative estimate of drug-likeness (QED) is 0.0349. The molecule has 1 aliphatic rings. The Morgan fingerprint density at radius 1 is 0.871 bits per heavy atom. The molecule has 1 aromatic heterocycles. The minimum atomic E-state index is -1.76. The highest BCUT2D eigenvalue weighted by molar-refractivity contribution is 7.44. The van der Waals surface area contributed by atoms with Crippen molar-refractivity contribution in [3.63, 3.8) is 0 Å². The van der Waals surface area contributed by atoms with Gasteiger partial charge in [0.15, 0.2) is 0 Å². The first-order valence-corrected chi connectivity index (χ1v) is 21.6. The number of carbonyl (C=O) groups is 1. The predicted molar refractivity (Wildman–Crippen MR) is 234 cm³/mol. The fraction of sp³-hybridized carbons (Fsp3) is 0.362. The Labute approximate surface area is 362 Å². The standard InChI is InChI=1S/C47H53N4O10P/c1-32(2)51(33(3)4)62(59-27-13-26-48)61-41-29-44(60-42(41)31-57-45(53)34-14-9-7-10-15-34)50-38(28-43(52)49-46(50)54)30-58-47(35-16-11-8-12-17-35,36-18-22-39(55-5)23-19-36)37-20-24-40(56-6)25-21-37/h7-12,14-25,28,32-33,41-42,44H,13,27,29-31H2,1-6H3,(H,49,52,54)/t41-,42+,44+,62?/m0/s1. The lowest BCUT2D eigenvalue weighted by Gasteiger charge is -2.37. The van der Waals surface area contributed by atoms with Gasteiger partial charge in [0.2, 0.25) is 0 Å². The lowest BCUT2D eigenvalue weighted by Crippen LogP contribution is -2.37. The first-order chi connectivity index (χ1) is 30.0. The van der Waals surface area contributed by atoms with Crippen LogP contribution in [0.5, 0.6) is 11.5 Å². The maximum Gasteiger partial charge on any atom is 0.338 e. The van der Waals surface area contributed by atoms with Gasteiger partial charge < -0.3 is 32.7 Å². The van der Waals surface area contributed by atoms with Crippen molar-refractivity contribution < 1.29 is 37.5 Å². The van der Waals surface area contributed by atoms with Crippen molar-refractivity contribution in [2.24, 2.45) is 0 Å². The van der Waals surface area contributed by atoms with Gasteiger partial charge in [-0.2, -0.15) is 5.26 Å². The van der Waals surface area contributed by atoms with Crippen molar-refractivity contribution in [1.29, 1.82) is 5.26 Å². The van der Waals surface area contributed by atoms with E-state index in [-0.39, 0.29) is 50.4 Å². The van der Waals surface area contributed by atoms with Crippen LogP contribution in [-0.2, 0) is 35.5 Å². The molecule has 14 nitrogen and oxygen atoms in total. The van der Waals surface area contributed by atoms with Gasteiger partial charge >= 0.3 is 11.7 Å². The molecule has 0 aliphatic carbocycles. The molecule has 1 fully saturated rings. The molecule has 2 heterocycles. The topological polar surface area (TPSA) is 164 Å². The molecule has 4 atom stereocenters. The highest BCUT2D eigenvalue weighted by Gasteiger charge is 2.44. The maximum atomic E-state index is 14.0. The van der Waals surface area contributed by atoms with Gasteiger partial charge in [-0.15, -0.1) is 0 Å². The average Bonchev–Trinajstić information content (AvgIpc) is 3.67. The van der Waals surface area contributed by atoms with Crippen LogP contribution in [0.1, 0.15) is 79.5 Å². The van der Waals surface area contributed by atoms with E-state index < -0.39 is 49.8 Å². The molecule has 1 aliphatic heterocycles. The monoisotopic (exact) mass is 864 g/mol. The lowest BCUT2D eigenvalue weighted by molar-refractivity contribution is -0.0559. The summed E-state index contributed by atoms with van der Waals surface area (Å²) in [5.74, 6) is 0.744. The van der Waals surface area contributed by atoms with Gasteiger partial charge in [0.25, 0.3) is 14.1 Å². The van der Waals surface area contributed by atoms with Gasteiger partial charge in [-0.05, 0) is 80.8 Å². The summed E-state index contributed by atoms with van der Waals surface area (Å²) < 4.78 is 47.0. The zero-order valence-electron chi connectivity index (χ0n) is 35.8. The second kappa shape index (κ2) is 21.4. The molecular formula is C47H53N4O10P. The second-order valence-electron chi connectivity index (χ2n) is 15.1. The summed E-state index contributed by atoms with van der Waals surface area (Å²) in [6.07, 6.45) is -2.36. The molecule has 15 heteroatoms. The van der Waals surface area contributed by atoms with E-state index >= 15 is 0 Å². The van der Waals surface area contributed by atoms with Gasteiger partial charge in [0.05, 0.1) is 57.3 Å². The Bertz CT molecular complexity index is 2310. The van der Waals surface area contributed by atoms with E-state index in [1.165, 1.54) is 10.6 Å². The van der Waals surface area contributed by atoms with Gasteiger partial charge in [-0.1, -0.05) is 72.8 Å². The van der Waals surface area contributed by atoms with E-state index in [4.69, 9.17) is 32.7 Å². The van der Waals surface area contributed by atoms with Crippen LogP contribution >= 0.6 is 8.53 Å². The number of carbonyl (C=O) groups excluding carboxylic acids is 1. The number of nitrogens with one attached hydrogen (secondary N) is 1. The summed E-state index contributed by atoms with van der Waals surface area (Å²) in [5.41, 5.74) is 0.261. The molecule has 1 N–H and O–H groups in total. The van der Waals surface area contributed by atoms with Crippen LogP contribution in [0.3, 0.4) is 0 Å². The number of nitriles is 1. The largest absolute Gasteiger partial charge is 0.497 e. The molecule has 5 aromatic rings. The normalized spacial score (nSPS) is 16.9. The molecule has 326 valence electrons. The fourth-order valence-corrected chi connectivity index (χ4v) is 9.34. The van der Waals surface area contributed by atoms with Crippen molar-refractivity contribution in [1.82, 2.24) is 14.2 Å². The number of nitrogens with zero attached hydrogens (tertiary/aromatic N) is 3. The number of methoxy groups -OCH3 is 2. The third-order valence-corrected chi connectivity index (χ3v) is 12.6. The smallest absolute Gasteiger partial charge is 0.338 e. The Morgan fingerprint density at radius 2 is 1.44 bits per heavy atom. The van der Waals surface area contributed by atoms with Gasteiger partial charge in [0.1, 0.15) is 36.0 Å². The van der Waals surface area contributed by atoms with Gasteiger partial charge in [-0.25, -0.2) is 14.3 Å². The van der Waals surface area contributed by atoms with Crippen LogP contribution in [-0.4, -0.2) is 71.9 Å². The second-order valence-corrected chi connectivity index (χ2v) is 16.5. The number of H-pyrrole nitrogens is 1. The van der Waals surface area contributed by atoms with Crippen molar-refractivity contribution in [2.75, 3.05) is 27.4 Å². The number of esters is 1. The number of rotatable bonds is 20. The summed E-state index contributed by atoms with van der Waals surface area (Å²) >= 11 is 0. The molecule has 6 rings (SSSR count). The minimum absolute atomic E-state index is 0.00234. The number of aromatic amines is 1. The van der Waals surface area contributed by atoms with E-state index in [1.807, 2.05) is 107 Å². The summed E-state index contributed by atoms with van der Waals surface area (Å²) in [6, 6.07) is 36.7. The average molecular weight is 865 g/mol. The maximum absolute atomic E-state index is 14.0. The molecule has 0 amide bonds. The minimum Gasteiger partial charge on any atom is -0.497 e. The Morgan fingerprint density at radius 3 is 1.98 bits per heavy atom. The predicted octanol–water partition coefficient (Wildman–Crippen LogP) is 7.87. The van der Waals surface area contributed by atoms with Gasteiger partial charge in [-0.3, -0.25) is 14.3 Å². The summed E-state index contributed by atoms with van der Waals surface area (Å²) in [6.45, 7) is 7.80. The molecule has 1 unspecified atom stereocenters. The fourth-order valence-electron chi connectivity index (χ4n) is 7.58. The summed E-state index contributed by atoms with van der Waals surface area (Å²) in [4.78, 5) is 42.8. The summed E-state index contributed by atoms with van der Waals surface area (Å²) in [7, 11) is 1.43. The first-order valence-electron chi connectivity index (χ1n) is 20.4. The van der Waals surface area contributed by atoms with Crippen LogP contribution in [0.15, 0.2) is 125 Å². The molecular weight excluding hydrogens is 812 g/mol. The molecule has 0 radical (unpaired) electrons. The number of benzene rings is 4. The lowest BCUT2D eigenvalue weighted by atomic mass is 9.80. The van der Waals surface area contributed by atoms with Crippen LogP contribution in [0, 0.1) is 11.3 Å². The Balaban J connectivity index is 1.40. The van der Waals surface area contributed by atoms with Crippen molar-refractivity contribution in [2.45, 2.75) is 83.3 Å². The Hall–Kier alpha value is -5.65. The number of hydrogen-bond acceptors (Lipinski definition) is 12. The molecule has 62 heavy (non-hydrogen) atoms. The zero-order chi connectivity index (χ0) is 44.2. The SMILES string of the molecule is COc1ccc(C(OCc2cc(=O)[nH]c(=O)n2[C@H]2C[C@H](OP(OCCC#N)N(C(C)C)C(C)C)[C@@H](COC(=O)c3ccccc3)O2)(c2ccccc2)c2ccc(OC)cc2)cc1. The molecule has 4 aromatic carbocycles. The van der Waals surface area contributed by atoms with Crippen molar-refractivity contribution in [3.05, 3.63) is 164 Å². The van der Waals surface area contributed by atoms with E-state index in [1.54, 1.807) is 44.6 Å². The highest BCUT2D eigenvalue weighted by Crippen LogP contribution is 2.50. The van der Waals surface area contributed by atoms with Crippen LogP contribution in [0.2, 0.25) is 0 Å². The van der Waals surface area contributed by atoms with E-state index in [0.717, 1.165) is 16.7 Å².